The Morgan fingerprint density at radius 3 is 2.52 bits per heavy atom. The fourth-order valence-electron chi connectivity index (χ4n) is 4.50. The van der Waals surface area contributed by atoms with Gasteiger partial charge in [0.05, 0.1) is 11.8 Å². The van der Waals surface area contributed by atoms with E-state index in [-0.39, 0.29) is 5.78 Å². The minimum atomic E-state index is -5.08. The molecule has 0 spiro atoms. The highest BCUT2D eigenvalue weighted by Crippen LogP contribution is 2.29. The van der Waals surface area contributed by atoms with E-state index in [4.69, 9.17) is 9.90 Å². The van der Waals surface area contributed by atoms with Gasteiger partial charge in [-0.15, -0.1) is 0 Å². The third kappa shape index (κ3) is 6.34. The Labute approximate surface area is 190 Å². The number of aromatic amines is 1. The Kier molecular flexibility index (Phi) is 7.78. The lowest BCUT2D eigenvalue weighted by molar-refractivity contribution is -0.192. The van der Waals surface area contributed by atoms with Crippen LogP contribution in [0.2, 0.25) is 0 Å². The number of Topliss-reactive ketones (excluding diaryl/α,β-unsaturated/α-hetero) is 1. The van der Waals surface area contributed by atoms with Gasteiger partial charge in [-0.05, 0) is 62.9 Å². The van der Waals surface area contributed by atoms with E-state index in [0.29, 0.717) is 18.0 Å². The molecule has 1 aromatic heterocycles. The quantitative estimate of drug-likeness (QED) is 0.651. The molecule has 2 fully saturated rings. The normalized spacial score (nSPS) is 21.1. The van der Waals surface area contributed by atoms with Crippen LogP contribution in [0.3, 0.4) is 0 Å². The number of aryl methyl sites for hydroxylation is 1. The number of alkyl halides is 3. The van der Waals surface area contributed by atoms with Gasteiger partial charge >= 0.3 is 12.1 Å². The first-order valence-corrected chi connectivity index (χ1v) is 11.0. The SMILES string of the molecule is Cc1cc(N2CCC(N3CCCC3C)C2)ccc1CC(=O)c1cn[nH]c1.O=C(O)C(F)(F)F. The highest BCUT2D eigenvalue weighted by atomic mass is 19.4. The molecular weight excluding hydrogens is 437 g/mol. The second kappa shape index (κ2) is 10.4. The van der Waals surface area contributed by atoms with Crippen LogP contribution in [-0.4, -0.2) is 69.9 Å². The van der Waals surface area contributed by atoms with Gasteiger partial charge in [0, 0.05) is 43.5 Å². The molecule has 2 aliphatic heterocycles. The number of carboxylic acid groups (broad SMARTS) is 1. The molecule has 2 unspecified atom stereocenters. The highest BCUT2D eigenvalue weighted by molar-refractivity contribution is 5.97. The summed E-state index contributed by atoms with van der Waals surface area (Å²) in [6.07, 6.45) is 2.54. The van der Waals surface area contributed by atoms with Crippen LogP contribution < -0.4 is 4.90 Å². The van der Waals surface area contributed by atoms with Gasteiger partial charge in [0.25, 0.3) is 0 Å². The molecule has 2 aliphatic rings. The molecule has 0 aliphatic carbocycles. The van der Waals surface area contributed by atoms with E-state index < -0.39 is 12.1 Å². The number of nitrogens with zero attached hydrogens (tertiary/aromatic N) is 3. The number of nitrogens with one attached hydrogen (secondary N) is 1. The lowest BCUT2D eigenvalue weighted by Gasteiger charge is -2.28. The lowest BCUT2D eigenvalue weighted by atomic mass is 10.0. The summed E-state index contributed by atoms with van der Waals surface area (Å²) in [5, 5.41) is 13.7. The van der Waals surface area contributed by atoms with Gasteiger partial charge < -0.3 is 10.0 Å². The van der Waals surface area contributed by atoms with E-state index >= 15 is 0 Å². The molecule has 180 valence electrons. The Morgan fingerprint density at radius 1 is 1.24 bits per heavy atom. The minimum absolute atomic E-state index is 0.110. The van der Waals surface area contributed by atoms with Crippen LogP contribution in [0.15, 0.2) is 30.6 Å². The van der Waals surface area contributed by atoms with Gasteiger partial charge in [0.2, 0.25) is 0 Å². The van der Waals surface area contributed by atoms with Crippen LogP contribution >= 0.6 is 0 Å². The van der Waals surface area contributed by atoms with Crippen LogP contribution in [0.4, 0.5) is 18.9 Å². The second-order valence-electron chi connectivity index (χ2n) is 8.62. The summed E-state index contributed by atoms with van der Waals surface area (Å²) in [5.74, 6) is -2.65. The van der Waals surface area contributed by atoms with Crippen molar-refractivity contribution in [2.45, 2.75) is 57.8 Å². The van der Waals surface area contributed by atoms with Gasteiger partial charge in [0.15, 0.2) is 5.78 Å². The molecule has 2 atom stereocenters. The molecule has 2 N–H and O–H groups in total. The maximum atomic E-state index is 12.3. The molecule has 10 heteroatoms. The van der Waals surface area contributed by atoms with Crippen molar-refractivity contribution >= 4 is 17.4 Å². The number of halogens is 3. The van der Waals surface area contributed by atoms with Crippen molar-refractivity contribution < 1.29 is 27.9 Å². The fourth-order valence-corrected chi connectivity index (χ4v) is 4.50. The summed E-state index contributed by atoms with van der Waals surface area (Å²) >= 11 is 0. The Bertz CT molecular complexity index is 962. The summed E-state index contributed by atoms with van der Waals surface area (Å²) in [4.78, 5) is 26.4. The lowest BCUT2D eigenvalue weighted by Crippen LogP contribution is -2.39. The number of ketones is 1. The summed E-state index contributed by atoms with van der Waals surface area (Å²) in [6, 6.07) is 7.97. The Morgan fingerprint density at radius 2 is 1.97 bits per heavy atom. The third-order valence-corrected chi connectivity index (χ3v) is 6.34. The van der Waals surface area contributed by atoms with Crippen molar-refractivity contribution in [2.24, 2.45) is 0 Å². The molecule has 3 heterocycles. The first-order chi connectivity index (χ1) is 15.6. The Balaban J connectivity index is 0.000000383. The van der Waals surface area contributed by atoms with E-state index in [1.165, 1.54) is 37.1 Å². The molecule has 0 amide bonds. The number of likely N-dealkylation sites (tertiary alicyclic amines) is 1. The molecule has 1 aromatic carbocycles. The molecule has 0 saturated carbocycles. The van der Waals surface area contributed by atoms with Crippen LogP contribution in [0.5, 0.6) is 0 Å². The summed E-state index contributed by atoms with van der Waals surface area (Å²) in [6.45, 7) is 7.98. The van der Waals surface area contributed by atoms with Crippen LogP contribution in [0.25, 0.3) is 0 Å². The number of aliphatic carboxylic acids is 1. The number of carbonyl (C=O) groups excluding carboxylic acids is 1. The number of hydrogen-bond acceptors (Lipinski definition) is 5. The largest absolute Gasteiger partial charge is 0.490 e. The van der Waals surface area contributed by atoms with Crippen LogP contribution in [0.1, 0.15) is 47.7 Å². The monoisotopic (exact) mass is 466 g/mol. The van der Waals surface area contributed by atoms with Crippen molar-refractivity contribution in [1.82, 2.24) is 15.1 Å². The molecule has 0 bridgehead atoms. The number of anilines is 1. The van der Waals surface area contributed by atoms with Gasteiger partial charge in [-0.2, -0.15) is 18.3 Å². The van der Waals surface area contributed by atoms with Gasteiger partial charge in [-0.25, -0.2) is 4.79 Å². The molecule has 7 nitrogen and oxygen atoms in total. The molecule has 2 aromatic rings. The van der Waals surface area contributed by atoms with Gasteiger partial charge in [0.1, 0.15) is 0 Å². The first kappa shape index (κ1) is 24.8. The van der Waals surface area contributed by atoms with E-state index in [9.17, 15) is 18.0 Å². The third-order valence-electron chi connectivity index (χ3n) is 6.34. The number of carbonyl (C=O) groups is 2. The minimum Gasteiger partial charge on any atom is -0.475 e. The van der Waals surface area contributed by atoms with E-state index in [1.807, 2.05) is 0 Å². The summed E-state index contributed by atoms with van der Waals surface area (Å²) in [5.41, 5.74) is 4.23. The maximum Gasteiger partial charge on any atom is 0.490 e. The Hall–Kier alpha value is -2.88. The van der Waals surface area contributed by atoms with Crippen molar-refractivity contribution in [3.05, 3.63) is 47.3 Å². The molecule has 2 saturated heterocycles. The number of H-pyrrole nitrogens is 1. The maximum absolute atomic E-state index is 12.3. The zero-order valence-corrected chi connectivity index (χ0v) is 18.7. The van der Waals surface area contributed by atoms with Crippen LogP contribution in [-0.2, 0) is 11.2 Å². The number of aromatic nitrogens is 2. The zero-order valence-electron chi connectivity index (χ0n) is 18.7. The second-order valence-corrected chi connectivity index (χ2v) is 8.62. The fraction of sp³-hybridized carbons (Fsp3) is 0.522. The van der Waals surface area contributed by atoms with Gasteiger partial charge in [-0.3, -0.25) is 14.8 Å². The van der Waals surface area contributed by atoms with E-state index in [1.54, 1.807) is 12.4 Å². The first-order valence-electron chi connectivity index (χ1n) is 11.0. The van der Waals surface area contributed by atoms with Crippen molar-refractivity contribution in [2.75, 3.05) is 24.5 Å². The number of carboxylic acids is 1. The summed E-state index contributed by atoms with van der Waals surface area (Å²) in [7, 11) is 0. The molecule has 33 heavy (non-hydrogen) atoms. The summed E-state index contributed by atoms with van der Waals surface area (Å²) < 4.78 is 31.7. The van der Waals surface area contributed by atoms with Gasteiger partial charge in [-0.1, -0.05) is 6.07 Å². The molecular formula is C23H29F3N4O3. The van der Waals surface area contributed by atoms with E-state index in [0.717, 1.165) is 24.7 Å². The zero-order chi connectivity index (χ0) is 24.2. The predicted octanol–water partition coefficient (Wildman–Crippen LogP) is 3.84. The van der Waals surface area contributed by atoms with E-state index in [2.05, 4.69) is 52.0 Å². The standard InChI is InChI=1S/C21H28N4O.C2HF3O2/c1-15-10-19(6-5-17(15)11-21(26)18-12-22-23-13-18)24-9-7-20(14-24)25-8-3-4-16(25)2;3-2(4,5)1(6)7/h5-6,10,12-13,16,20H,3-4,7-9,11,14H2,1-2H3,(H,22,23);(H,6,7). The van der Waals surface area contributed by atoms with Crippen molar-refractivity contribution in [3.63, 3.8) is 0 Å². The van der Waals surface area contributed by atoms with Crippen LogP contribution in [0, 0.1) is 6.92 Å². The highest BCUT2D eigenvalue weighted by Gasteiger charge is 2.38. The topological polar surface area (TPSA) is 89.5 Å². The smallest absolute Gasteiger partial charge is 0.475 e. The predicted molar refractivity (Wildman–Crippen MR) is 118 cm³/mol. The average Bonchev–Trinajstić information content (AvgIpc) is 3.50. The molecule has 4 rings (SSSR count). The molecule has 0 radical (unpaired) electrons. The number of hydrogen-bond donors (Lipinski definition) is 2. The number of benzene rings is 1. The van der Waals surface area contributed by atoms with Crippen molar-refractivity contribution in [1.29, 1.82) is 0 Å². The van der Waals surface area contributed by atoms with Crippen molar-refractivity contribution in [3.8, 4) is 0 Å². The number of rotatable bonds is 5. The average molecular weight is 467 g/mol.